The van der Waals surface area contributed by atoms with Gasteiger partial charge in [-0.2, -0.15) is 5.10 Å². The molecule has 1 aromatic heterocycles. The molecular formula is C26H25ClFN3O2. The Balaban J connectivity index is 1.43. The summed E-state index contributed by atoms with van der Waals surface area (Å²) in [5.74, 6) is -0.806. The summed E-state index contributed by atoms with van der Waals surface area (Å²) in [4.78, 5) is 11.9. The first-order valence-corrected chi connectivity index (χ1v) is 11.4. The first-order valence-electron chi connectivity index (χ1n) is 11.0. The molecule has 1 heterocycles. The van der Waals surface area contributed by atoms with Gasteiger partial charge in [-0.05, 0) is 85.7 Å². The predicted molar refractivity (Wildman–Crippen MR) is 126 cm³/mol. The molecule has 5 rings (SSSR count). The smallest absolute Gasteiger partial charge is 0.249 e. The van der Waals surface area contributed by atoms with Crippen LogP contribution >= 0.6 is 11.6 Å². The Morgan fingerprint density at radius 3 is 2.76 bits per heavy atom. The molecule has 0 unspecified atom stereocenters. The number of carbonyl (C=O) groups is 1. The summed E-state index contributed by atoms with van der Waals surface area (Å²) < 4.78 is 15.2. The summed E-state index contributed by atoms with van der Waals surface area (Å²) in [6, 6.07) is 11.4. The number of amides is 1. The highest BCUT2D eigenvalue weighted by Gasteiger charge is 2.54. The van der Waals surface area contributed by atoms with Crippen LogP contribution in [0.15, 0.2) is 54.2 Å². The molecule has 5 nitrogen and oxygen atoms in total. The number of halogens is 2. The molecule has 3 aromatic rings. The number of nitrogens with zero attached hydrogens (tertiary/aromatic N) is 2. The van der Waals surface area contributed by atoms with E-state index in [0.29, 0.717) is 36.3 Å². The van der Waals surface area contributed by atoms with Crippen molar-refractivity contribution in [2.24, 2.45) is 11.1 Å². The van der Waals surface area contributed by atoms with E-state index in [1.165, 1.54) is 17.7 Å². The molecule has 3 N–H and O–H groups in total. The molecule has 1 amide bonds. The molecule has 7 heteroatoms. The lowest BCUT2D eigenvalue weighted by Crippen LogP contribution is -2.45. The van der Waals surface area contributed by atoms with E-state index in [1.807, 2.05) is 16.9 Å². The van der Waals surface area contributed by atoms with Crippen molar-refractivity contribution >= 4 is 23.6 Å². The monoisotopic (exact) mass is 465 g/mol. The Morgan fingerprint density at radius 2 is 2.03 bits per heavy atom. The Hall–Kier alpha value is -2.96. The van der Waals surface area contributed by atoms with Gasteiger partial charge in [-0.15, -0.1) is 0 Å². The van der Waals surface area contributed by atoms with E-state index in [0.717, 1.165) is 28.9 Å². The fourth-order valence-corrected chi connectivity index (χ4v) is 5.63. The average molecular weight is 466 g/mol. The molecule has 0 aliphatic heterocycles. The Morgan fingerprint density at radius 1 is 1.27 bits per heavy atom. The molecule has 2 atom stereocenters. The summed E-state index contributed by atoms with van der Waals surface area (Å²) >= 11 is 6.04. The van der Waals surface area contributed by atoms with Gasteiger partial charge in [0.1, 0.15) is 5.82 Å². The maximum atomic E-state index is 13.4. The largest absolute Gasteiger partial charge is 0.389 e. The number of benzene rings is 2. The van der Waals surface area contributed by atoms with Crippen molar-refractivity contribution in [1.82, 2.24) is 9.78 Å². The number of carbonyl (C=O) groups excluding carboxylic acids is 1. The normalized spacial score (nSPS) is 23.7. The van der Waals surface area contributed by atoms with Crippen LogP contribution in [0.4, 0.5) is 4.39 Å². The van der Waals surface area contributed by atoms with Crippen LogP contribution in [-0.2, 0) is 12.8 Å². The predicted octanol–water partition coefficient (Wildman–Crippen LogP) is 4.87. The second-order valence-electron chi connectivity index (χ2n) is 9.32. The third-order valence-electron chi connectivity index (χ3n) is 7.50. The van der Waals surface area contributed by atoms with Crippen molar-refractivity contribution in [1.29, 1.82) is 0 Å². The number of aryl methyl sites for hydroxylation is 1. The van der Waals surface area contributed by atoms with E-state index < -0.39 is 16.9 Å². The van der Waals surface area contributed by atoms with E-state index in [9.17, 15) is 14.3 Å². The van der Waals surface area contributed by atoms with Gasteiger partial charge in [0, 0.05) is 16.0 Å². The fourth-order valence-electron chi connectivity index (χ4n) is 5.46. The summed E-state index contributed by atoms with van der Waals surface area (Å²) in [7, 11) is 0. The third-order valence-corrected chi connectivity index (χ3v) is 7.74. The van der Waals surface area contributed by atoms with Crippen LogP contribution in [0, 0.1) is 11.2 Å². The van der Waals surface area contributed by atoms with E-state index in [2.05, 4.69) is 18.1 Å². The maximum absolute atomic E-state index is 13.4. The van der Waals surface area contributed by atoms with Gasteiger partial charge in [-0.1, -0.05) is 30.2 Å². The van der Waals surface area contributed by atoms with Crippen molar-refractivity contribution in [2.75, 3.05) is 0 Å². The number of fused-ring (bicyclic) bond motifs is 2. The number of hydrogen-bond donors (Lipinski definition) is 2. The highest BCUT2D eigenvalue weighted by Crippen LogP contribution is 2.56. The van der Waals surface area contributed by atoms with Crippen molar-refractivity contribution in [3.05, 3.63) is 87.5 Å². The maximum Gasteiger partial charge on any atom is 0.249 e. The molecule has 33 heavy (non-hydrogen) atoms. The minimum Gasteiger partial charge on any atom is -0.389 e. The molecule has 0 saturated heterocycles. The molecule has 2 aliphatic rings. The number of hydrogen-bond acceptors (Lipinski definition) is 3. The van der Waals surface area contributed by atoms with Gasteiger partial charge in [0.05, 0.1) is 23.2 Å². The molecule has 2 aromatic carbocycles. The molecule has 0 spiro atoms. The lowest BCUT2D eigenvalue weighted by molar-refractivity contribution is -0.0461. The minimum absolute atomic E-state index is 0.285. The minimum atomic E-state index is -0.928. The van der Waals surface area contributed by atoms with E-state index >= 15 is 0 Å². The Bertz CT molecular complexity index is 1280. The zero-order chi connectivity index (χ0) is 23.4. The summed E-state index contributed by atoms with van der Waals surface area (Å²) in [6.45, 7) is 2.11. The van der Waals surface area contributed by atoms with Crippen molar-refractivity contribution in [2.45, 2.75) is 44.6 Å². The van der Waals surface area contributed by atoms with Crippen LogP contribution in [-0.4, -0.2) is 26.4 Å². The summed E-state index contributed by atoms with van der Waals surface area (Å²) in [5.41, 5.74) is 9.39. The van der Waals surface area contributed by atoms with Gasteiger partial charge in [0.25, 0.3) is 0 Å². The number of aliphatic hydroxyl groups is 1. The Kier molecular flexibility index (Phi) is 5.18. The highest BCUT2D eigenvalue weighted by molar-refractivity contribution is 6.31. The first kappa shape index (κ1) is 21.9. The molecule has 0 bridgehead atoms. The van der Waals surface area contributed by atoms with Crippen molar-refractivity contribution in [3.63, 3.8) is 0 Å². The first-order chi connectivity index (χ1) is 15.7. The average Bonchev–Trinajstić information content (AvgIpc) is 3.29. The van der Waals surface area contributed by atoms with Gasteiger partial charge in [0.15, 0.2) is 0 Å². The van der Waals surface area contributed by atoms with Crippen molar-refractivity contribution < 1.29 is 14.3 Å². The number of rotatable bonds is 5. The van der Waals surface area contributed by atoms with Crippen molar-refractivity contribution in [3.8, 4) is 5.69 Å². The highest BCUT2D eigenvalue weighted by atomic mass is 35.5. The third kappa shape index (κ3) is 3.58. The van der Waals surface area contributed by atoms with Crippen LogP contribution in [0.3, 0.4) is 0 Å². The van der Waals surface area contributed by atoms with E-state index in [1.54, 1.807) is 24.3 Å². The quantitative estimate of drug-likeness (QED) is 0.564. The zero-order valence-corrected chi connectivity index (χ0v) is 19.1. The molecule has 2 aliphatic carbocycles. The van der Waals surface area contributed by atoms with Gasteiger partial charge in [-0.3, -0.25) is 4.79 Å². The second-order valence-corrected chi connectivity index (χ2v) is 9.76. The SMILES string of the molecule is C[C@]12Cc3cnn(-c4ccc(F)cc4)c3C=C1CC[C@@]2(O)CCc1ccc(Cl)cc1C(N)=O. The summed E-state index contributed by atoms with van der Waals surface area (Å²) in [5, 5.41) is 16.8. The van der Waals surface area contributed by atoms with Crippen LogP contribution in [0.5, 0.6) is 0 Å². The van der Waals surface area contributed by atoms with E-state index in [-0.39, 0.29) is 5.82 Å². The standard InChI is InChI=1S/C26H25ClFN3O2/c1-25-14-17-15-30-31(21-6-4-20(28)5-7-21)23(17)12-18(25)9-11-26(25,33)10-8-16-2-3-19(27)13-22(16)24(29)32/h2-7,12-13,15,33H,8-11,14H2,1H3,(H2,29,32)/t25-,26-/m0/s1. The molecule has 0 radical (unpaired) electrons. The van der Waals surface area contributed by atoms with Crippen LogP contribution in [0.25, 0.3) is 11.8 Å². The van der Waals surface area contributed by atoms with Gasteiger partial charge >= 0.3 is 0 Å². The molecule has 170 valence electrons. The van der Waals surface area contributed by atoms with Gasteiger partial charge in [0.2, 0.25) is 5.91 Å². The molecule has 1 fully saturated rings. The summed E-state index contributed by atoms with van der Waals surface area (Å²) in [6.07, 6.45) is 7.08. The van der Waals surface area contributed by atoms with Crippen LogP contribution < -0.4 is 5.73 Å². The molecule has 1 saturated carbocycles. The lowest BCUT2D eigenvalue weighted by Gasteiger charge is -2.42. The number of aromatic nitrogens is 2. The Labute approximate surface area is 196 Å². The fraction of sp³-hybridized carbons (Fsp3) is 0.308. The van der Waals surface area contributed by atoms with Crippen LogP contribution in [0.2, 0.25) is 5.02 Å². The van der Waals surface area contributed by atoms with Crippen LogP contribution in [0.1, 0.15) is 53.4 Å². The molecular weight excluding hydrogens is 441 g/mol. The zero-order valence-electron chi connectivity index (χ0n) is 18.3. The number of primary amides is 1. The topological polar surface area (TPSA) is 81.1 Å². The number of nitrogens with two attached hydrogens (primary N) is 1. The lowest BCUT2D eigenvalue weighted by atomic mass is 9.65. The van der Waals surface area contributed by atoms with Gasteiger partial charge < -0.3 is 10.8 Å². The van der Waals surface area contributed by atoms with E-state index in [4.69, 9.17) is 17.3 Å². The second kappa shape index (κ2) is 7.82. The van der Waals surface area contributed by atoms with Gasteiger partial charge in [-0.25, -0.2) is 9.07 Å².